The van der Waals surface area contributed by atoms with Crippen molar-refractivity contribution in [3.05, 3.63) is 71.3 Å². The van der Waals surface area contributed by atoms with Crippen LogP contribution in [0.2, 0.25) is 0 Å². The van der Waals surface area contributed by atoms with Gasteiger partial charge in [0.15, 0.2) is 11.6 Å². The zero-order valence-corrected chi connectivity index (χ0v) is 22.8. The zero-order chi connectivity index (χ0) is 28.4. The minimum absolute atomic E-state index is 0.0176. The van der Waals surface area contributed by atoms with Gasteiger partial charge in [0.1, 0.15) is 23.1 Å². The van der Waals surface area contributed by atoms with Crippen LogP contribution in [0.5, 0.6) is 11.5 Å². The van der Waals surface area contributed by atoms with Gasteiger partial charge in [-0.15, -0.1) is 0 Å². The number of anilines is 2. The van der Waals surface area contributed by atoms with E-state index in [9.17, 15) is 17.2 Å². The molecule has 210 valence electrons. The highest BCUT2D eigenvalue weighted by molar-refractivity contribution is 7.88. The lowest BCUT2D eigenvalue weighted by atomic mass is 10.1. The number of nitrogens with zero attached hydrogens (tertiary/aromatic N) is 5. The van der Waals surface area contributed by atoms with Crippen LogP contribution in [0, 0.1) is 18.6 Å². The van der Waals surface area contributed by atoms with E-state index in [1.165, 1.54) is 18.3 Å². The van der Waals surface area contributed by atoms with Crippen molar-refractivity contribution < 1.29 is 26.8 Å². The van der Waals surface area contributed by atoms with Crippen LogP contribution in [0.15, 0.2) is 42.9 Å². The van der Waals surface area contributed by atoms with Gasteiger partial charge >= 0.3 is 0 Å². The highest BCUT2D eigenvalue weighted by Gasteiger charge is 2.32. The molecule has 0 spiro atoms. The molecule has 0 unspecified atom stereocenters. The topological polar surface area (TPSA) is 133 Å². The second-order valence-corrected chi connectivity index (χ2v) is 11.0. The molecule has 3 heterocycles. The van der Waals surface area contributed by atoms with Gasteiger partial charge in [-0.1, -0.05) is 0 Å². The molecule has 1 saturated carbocycles. The van der Waals surface area contributed by atoms with Crippen molar-refractivity contribution >= 4 is 21.5 Å². The largest absolute Gasteiger partial charge is 0.494 e. The van der Waals surface area contributed by atoms with E-state index in [0.717, 1.165) is 30.4 Å². The number of nitrogens with one attached hydrogen (secondary N) is 2. The minimum atomic E-state index is -3.68. The molecule has 0 atom stereocenters. The van der Waals surface area contributed by atoms with Crippen LogP contribution in [0.3, 0.4) is 0 Å². The van der Waals surface area contributed by atoms with Gasteiger partial charge in [0, 0.05) is 53.0 Å². The summed E-state index contributed by atoms with van der Waals surface area (Å²) in [5.74, 6) is -0.724. The van der Waals surface area contributed by atoms with Crippen LogP contribution in [-0.2, 0) is 16.6 Å². The monoisotopic (exact) mass is 571 g/mol. The van der Waals surface area contributed by atoms with Gasteiger partial charge in [-0.2, -0.15) is 5.10 Å². The predicted molar refractivity (Wildman–Crippen MR) is 143 cm³/mol. The summed E-state index contributed by atoms with van der Waals surface area (Å²) < 4.78 is 59.8. The molecule has 0 radical (unpaired) electrons. The molecule has 3 aromatic heterocycles. The second-order valence-electron chi connectivity index (χ2n) is 9.31. The maximum Gasteiger partial charge on any atom is 0.239 e. The molecule has 1 aliphatic rings. The van der Waals surface area contributed by atoms with Gasteiger partial charge in [-0.05, 0) is 43.7 Å². The quantitative estimate of drug-likeness (QED) is 0.254. The third-order valence-corrected chi connectivity index (χ3v) is 6.53. The van der Waals surface area contributed by atoms with E-state index >= 15 is 0 Å². The lowest BCUT2D eigenvalue weighted by molar-refractivity contribution is 0.270. The minimum Gasteiger partial charge on any atom is -0.494 e. The third kappa shape index (κ3) is 6.18. The Bertz CT molecular complexity index is 1620. The second kappa shape index (κ2) is 11.1. The predicted octanol–water partition coefficient (Wildman–Crippen LogP) is 4.23. The van der Waals surface area contributed by atoms with Crippen LogP contribution in [0.1, 0.15) is 42.5 Å². The Hall–Kier alpha value is -4.17. The van der Waals surface area contributed by atoms with E-state index in [2.05, 4.69) is 25.4 Å². The summed E-state index contributed by atoms with van der Waals surface area (Å²) in [5, 5.41) is 7.75. The Morgan fingerprint density at radius 1 is 1.15 bits per heavy atom. The summed E-state index contributed by atoms with van der Waals surface area (Å²) in [6.45, 7) is 3.77. The van der Waals surface area contributed by atoms with E-state index in [-0.39, 0.29) is 47.8 Å². The summed E-state index contributed by atoms with van der Waals surface area (Å²) in [4.78, 5) is 20.1. The molecule has 1 aromatic carbocycles. The van der Waals surface area contributed by atoms with Crippen molar-refractivity contribution in [1.82, 2.24) is 29.6 Å². The van der Waals surface area contributed by atoms with Crippen LogP contribution >= 0.6 is 0 Å². The fourth-order valence-corrected chi connectivity index (χ4v) is 4.48. The summed E-state index contributed by atoms with van der Waals surface area (Å²) in [7, 11) is -3.68. The van der Waals surface area contributed by atoms with Crippen molar-refractivity contribution in [2.24, 2.45) is 0 Å². The molecule has 14 heteroatoms. The number of rotatable bonds is 11. The van der Waals surface area contributed by atoms with Crippen molar-refractivity contribution in [2.75, 3.05) is 18.2 Å². The van der Waals surface area contributed by atoms with Gasteiger partial charge in [0.05, 0.1) is 25.6 Å². The first-order chi connectivity index (χ1) is 19.1. The molecule has 1 aliphatic carbocycles. The Morgan fingerprint density at radius 2 is 1.85 bits per heavy atom. The first-order valence-corrected chi connectivity index (χ1v) is 14.4. The smallest absolute Gasteiger partial charge is 0.239 e. The van der Waals surface area contributed by atoms with Crippen LogP contribution in [0.4, 0.5) is 20.3 Å². The van der Waals surface area contributed by atoms with Crippen molar-refractivity contribution in [1.29, 1.82) is 0 Å². The Morgan fingerprint density at radius 3 is 2.48 bits per heavy atom. The van der Waals surface area contributed by atoms with Gasteiger partial charge in [-0.25, -0.2) is 27.2 Å². The number of ether oxygens (including phenoxy) is 1. The molecule has 40 heavy (non-hydrogen) atoms. The van der Waals surface area contributed by atoms with Crippen molar-refractivity contribution in [3.8, 4) is 23.0 Å². The number of pyridine rings is 1. The van der Waals surface area contributed by atoms with E-state index in [1.54, 1.807) is 36.1 Å². The SMILES string of the molecule is CCOc1cc(F)c(Cn2nc(-c3ncc(ONS(C)(=O)=O)c(Nc4ccncc4)n3)c(C)c2C2CC2)c(F)c1. The Labute approximate surface area is 229 Å². The van der Waals surface area contributed by atoms with E-state index in [4.69, 9.17) is 9.57 Å². The van der Waals surface area contributed by atoms with Crippen LogP contribution in [-0.4, -0.2) is 46.0 Å². The molecule has 0 bridgehead atoms. The Balaban J connectivity index is 1.53. The van der Waals surface area contributed by atoms with E-state index in [0.29, 0.717) is 11.4 Å². The van der Waals surface area contributed by atoms with E-state index in [1.807, 2.05) is 11.8 Å². The molecule has 0 saturated heterocycles. The maximum absolute atomic E-state index is 14.9. The molecule has 5 rings (SSSR count). The van der Waals surface area contributed by atoms with Gasteiger partial charge < -0.3 is 14.9 Å². The molecule has 0 amide bonds. The lowest BCUT2D eigenvalue weighted by Gasteiger charge is -2.12. The van der Waals surface area contributed by atoms with Crippen LogP contribution < -0.4 is 19.8 Å². The fraction of sp³-hybridized carbons (Fsp3) is 0.308. The molecule has 2 N–H and O–H groups in total. The average Bonchev–Trinajstić information content (AvgIpc) is 3.68. The van der Waals surface area contributed by atoms with Crippen molar-refractivity contribution in [2.45, 2.75) is 39.2 Å². The van der Waals surface area contributed by atoms with Crippen LogP contribution in [0.25, 0.3) is 11.5 Å². The molecule has 1 fully saturated rings. The summed E-state index contributed by atoms with van der Waals surface area (Å²) in [5.41, 5.74) is 2.55. The highest BCUT2D eigenvalue weighted by Crippen LogP contribution is 2.44. The maximum atomic E-state index is 14.9. The number of halogens is 2. The average molecular weight is 572 g/mol. The Kier molecular flexibility index (Phi) is 7.63. The molecule has 4 aromatic rings. The molecule has 0 aliphatic heterocycles. The molecular formula is C26H27F2N7O4S. The first kappa shape index (κ1) is 27.4. The standard InChI is InChI=1S/C26H27F2N7O4S/c1-4-38-18-11-20(27)19(21(28)12-18)14-35-24(16-5-6-16)15(2)23(33-35)26-30-13-22(39-34-40(3,36)37)25(32-26)31-17-7-9-29-10-8-17/h7-13,16,34H,4-6,14H2,1-3H3,(H,29,30,31,32). The van der Waals surface area contributed by atoms with E-state index < -0.39 is 21.7 Å². The zero-order valence-electron chi connectivity index (χ0n) is 22.0. The number of aromatic nitrogens is 5. The van der Waals surface area contributed by atoms with Gasteiger partial charge in [-0.3, -0.25) is 9.67 Å². The summed E-state index contributed by atoms with van der Waals surface area (Å²) >= 11 is 0. The van der Waals surface area contributed by atoms with Gasteiger partial charge in [0.2, 0.25) is 15.8 Å². The number of sulfonamides is 1. The fourth-order valence-electron chi connectivity index (χ4n) is 4.24. The molecule has 11 nitrogen and oxygen atoms in total. The number of benzene rings is 1. The highest BCUT2D eigenvalue weighted by atomic mass is 32.2. The summed E-state index contributed by atoms with van der Waals surface area (Å²) in [6, 6.07) is 5.72. The third-order valence-electron chi connectivity index (χ3n) is 6.15. The summed E-state index contributed by atoms with van der Waals surface area (Å²) in [6.07, 6.45) is 7.27. The first-order valence-electron chi connectivity index (χ1n) is 12.5. The molecular weight excluding hydrogens is 544 g/mol. The van der Waals surface area contributed by atoms with Gasteiger partial charge in [0.25, 0.3) is 0 Å². The van der Waals surface area contributed by atoms with Crippen molar-refractivity contribution in [3.63, 3.8) is 0 Å². The lowest BCUT2D eigenvalue weighted by Crippen LogP contribution is -2.26. The number of hydrogen-bond donors (Lipinski definition) is 2. The normalized spacial score (nSPS) is 13.3. The number of hydrogen-bond acceptors (Lipinski definition) is 9.